The van der Waals surface area contributed by atoms with Crippen LogP contribution in [0.2, 0.25) is 0 Å². The van der Waals surface area contributed by atoms with Crippen LogP contribution in [0, 0.1) is 6.92 Å². The second kappa shape index (κ2) is 5.00. The van der Waals surface area contributed by atoms with E-state index in [1.807, 2.05) is 19.1 Å². The lowest BCUT2D eigenvalue weighted by atomic mass is 10.1. The van der Waals surface area contributed by atoms with Gasteiger partial charge >= 0.3 is 0 Å². The highest BCUT2D eigenvalue weighted by atomic mass is 16.5. The molecule has 0 spiro atoms. The first-order chi connectivity index (χ1) is 6.20. The van der Waals surface area contributed by atoms with Gasteiger partial charge < -0.3 is 10.5 Å². The van der Waals surface area contributed by atoms with E-state index < -0.39 is 0 Å². The maximum Gasteiger partial charge on any atom is 0.0720 e. The largest absolute Gasteiger partial charge is 0.375 e. The van der Waals surface area contributed by atoms with Gasteiger partial charge in [-0.25, -0.2) is 0 Å². The summed E-state index contributed by atoms with van der Waals surface area (Å²) in [5.74, 6) is 0. The minimum Gasteiger partial charge on any atom is -0.375 e. The Labute approximate surface area is 79.7 Å². The first-order valence-corrected chi connectivity index (χ1v) is 4.58. The molecule has 1 unspecified atom stereocenters. The maximum absolute atomic E-state index is 5.57. The van der Waals surface area contributed by atoms with Gasteiger partial charge in [0.2, 0.25) is 0 Å². The van der Waals surface area contributed by atoms with Gasteiger partial charge in [-0.05, 0) is 25.0 Å². The standard InChI is InChI=1S/C11H17NO/c1-9-5-3-4-6-11(9)8-13-7-10(2)12/h3-6,10H,7-8,12H2,1-2H3. The van der Waals surface area contributed by atoms with Crippen LogP contribution >= 0.6 is 0 Å². The van der Waals surface area contributed by atoms with Gasteiger partial charge in [0, 0.05) is 6.04 Å². The molecule has 0 radical (unpaired) electrons. The molecule has 0 saturated heterocycles. The smallest absolute Gasteiger partial charge is 0.0720 e. The lowest BCUT2D eigenvalue weighted by Gasteiger charge is -2.08. The van der Waals surface area contributed by atoms with Crippen molar-refractivity contribution < 1.29 is 4.74 Å². The topological polar surface area (TPSA) is 35.2 Å². The predicted octanol–water partition coefficient (Wildman–Crippen LogP) is 1.86. The zero-order valence-electron chi connectivity index (χ0n) is 8.29. The van der Waals surface area contributed by atoms with Crippen molar-refractivity contribution in [1.29, 1.82) is 0 Å². The van der Waals surface area contributed by atoms with E-state index in [0.717, 1.165) is 0 Å². The molecule has 0 aromatic heterocycles. The van der Waals surface area contributed by atoms with Gasteiger partial charge in [0.05, 0.1) is 13.2 Å². The van der Waals surface area contributed by atoms with Gasteiger partial charge in [-0.1, -0.05) is 24.3 Å². The van der Waals surface area contributed by atoms with E-state index in [0.29, 0.717) is 13.2 Å². The predicted molar refractivity (Wildman–Crippen MR) is 54.5 cm³/mol. The van der Waals surface area contributed by atoms with Gasteiger partial charge in [-0.3, -0.25) is 0 Å². The molecule has 72 valence electrons. The number of aryl methyl sites for hydroxylation is 1. The molecule has 1 aromatic carbocycles. The Bertz CT molecular complexity index is 258. The molecule has 2 heteroatoms. The molecule has 0 aliphatic rings. The van der Waals surface area contributed by atoms with Gasteiger partial charge in [0.25, 0.3) is 0 Å². The number of hydrogen-bond donors (Lipinski definition) is 1. The third-order valence-corrected chi connectivity index (χ3v) is 1.90. The van der Waals surface area contributed by atoms with Crippen LogP contribution in [-0.2, 0) is 11.3 Å². The molecule has 0 saturated carbocycles. The molecule has 0 bridgehead atoms. The highest BCUT2D eigenvalue weighted by molar-refractivity contribution is 5.24. The van der Waals surface area contributed by atoms with Crippen molar-refractivity contribution in [2.45, 2.75) is 26.5 Å². The minimum absolute atomic E-state index is 0.115. The van der Waals surface area contributed by atoms with Gasteiger partial charge in [0.15, 0.2) is 0 Å². The van der Waals surface area contributed by atoms with E-state index in [4.69, 9.17) is 10.5 Å². The van der Waals surface area contributed by atoms with Crippen LogP contribution in [0.4, 0.5) is 0 Å². The molecule has 2 N–H and O–H groups in total. The van der Waals surface area contributed by atoms with Crippen LogP contribution in [-0.4, -0.2) is 12.6 Å². The van der Waals surface area contributed by atoms with Crippen molar-refractivity contribution in [1.82, 2.24) is 0 Å². The number of rotatable bonds is 4. The fourth-order valence-corrected chi connectivity index (χ4v) is 1.13. The van der Waals surface area contributed by atoms with Crippen LogP contribution in [0.3, 0.4) is 0 Å². The summed E-state index contributed by atoms with van der Waals surface area (Å²) >= 11 is 0. The normalized spacial score (nSPS) is 12.8. The van der Waals surface area contributed by atoms with E-state index in [1.165, 1.54) is 11.1 Å². The van der Waals surface area contributed by atoms with Crippen LogP contribution in [0.5, 0.6) is 0 Å². The molecule has 1 aromatic rings. The average molecular weight is 179 g/mol. The number of benzene rings is 1. The Morgan fingerprint density at radius 3 is 2.69 bits per heavy atom. The van der Waals surface area contributed by atoms with Crippen LogP contribution in [0.15, 0.2) is 24.3 Å². The molecule has 1 rings (SSSR count). The Morgan fingerprint density at radius 2 is 2.08 bits per heavy atom. The summed E-state index contributed by atoms with van der Waals surface area (Å²) in [7, 11) is 0. The summed E-state index contributed by atoms with van der Waals surface area (Å²) in [6.07, 6.45) is 0. The zero-order valence-corrected chi connectivity index (χ0v) is 8.29. The maximum atomic E-state index is 5.57. The Balaban J connectivity index is 2.41. The molecule has 2 nitrogen and oxygen atoms in total. The van der Waals surface area contributed by atoms with Crippen LogP contribution in [0.25, 0.3) is 0 Å². The van der Waals surface area contributed by atoms with Crippen molar-refractivity contribution in [2.75, 3.05) is 6.61 Å². The summed E-state index contributed by atoms with van der Waals surface area (Å²) < 4.78 is 5.44. The second-order valence-corrected chi connectivity index (χ2v) is 3.42. The highest BCUT2D eigenvalue weighted by Gasteiger charge is 1.98. The van der Waals surface area contributed by atoms with Crippen molar-refractivity contribution >= 4 is 0 Å². The fraction of sp³-hybridized carbons (Fsp3) is 0.455. The van der Waals surface area contributed by atoms with Crippen molar-refractivity contribution in [3.05, 3.63) is 35.4 Å². The van der Waals surface area contributed by atoms with E-state index in [9.17, 15) is 0 Å². The first kappa shape index (κ1) is 10.2. The third-order valence-electron chi connectivity index (χ3n) is 1.90. The number of hydrogen-bond acceptors (Lipinski definition) is 2. The molecule has 0 aliphatic heterocycles. The Kier molecular flexibility index (Phi) is 3.93. The second-order valence-electron chi connectivity index (χ2n) is 3.42. The van der Waals surface area contributed by atoms with E-state index >= 15 is 0 Å². The van der Waals surface area contributed by atoms with Crippen LogP contribution < -0.4 is 5.73 Å². The molecule has 0 heterocycles. The molecule has 0 amide bonds. The average Bonchev–Trinajstić information content (AvgIpc) is 2.08. The monoisotopic (exact) mass is 179 g/mol. The lowest BCUT2D eigenvalue weighted by molar-refractivity contribution is 0.111. The SMILES string of the molecule is Cc1ccccc1COCC(C)N. The number of nitrogens with two attached hydrogens (primary N) is 1. The number of ether oxygens (including phenoxy) is 1. The van der Waals surface area contributed by atoms with E-state index in [2.05, 4.69) is 19.1 Å². The summed E-state index contributed by atoms with van der Waals surface area (Å²) in [5, 5.41) is 0. The summed E-state index contributed by atoms with van der Waals surface area (Å²) in [6.45, 7) is 5.31. The Morgan fingerprint density at radius 1 is 1.38 bits per heavy atom. The lowest BCUT2D eigenvalue weighted by Crippen LogP contribution is -2.21. The molecule has 1 atom stereocenters. The highest BCUT2D eigenvalue weighted by Crippen LogP contribution is 2.07. The van der Waals surface area contributed by atoms with Gasteiger partial charge in [-0.15, -0.1) is 0 Å². The van der Waals surface area contributed by atoms with Crippen molar-refractivity contribution in [3.63, 3.8) is 0 Å². The first-order valence-electron chi connectivity index (χ1n) is 4.58. The summed E-state index contributed by atoms with van der Waals surface area (Å²) in [6, 6.07) is 8.34. The van der Waals surface area contributed by atoms with E-state index in [1.54, 1.807) is 0 Å². The minimum atomic E-state index is 0.115. The quantitative estimate of drug-likeness (QED) is 0.765. The van der Waals surface area contributed by atoms with Crippen molar-refractivity contribution in [3.8, 4) is 0 Å². The molecular weight excluding hydrogens is 162 g/mol. The fourth-order valence-electron chi connectivity index (χ4n) is 1.13. The third kappa shape index (κ3) is 3.57. The molecular formula is C11H17NO. The van der Waals surface area contributed by atoms with Crippen LogP contribution in [0.1, 0.15) is 18.1 Å². The van der Waals surface area contributed by atoms with Crippen molar-refractivity contribution in [2.24, 2.45) is 5.73 Å². The van der Waals surface area contributed by atoms with Gasteiger partial charge in [0.1, 0.15) is 0 Å². The van der Waals surface area contributed by atoms with Gasteiger partial charge in [-0.2, -0.15) is 0 Å². The molecule has 0 aliphatic carbocycles. The van der Waals surface area contributed by atoms with E-state index in [-0.39, 0.29) is 6.04 Å². The molecule has 0 fully saturated rings. The summed E-state index contributed by atoms with van der Waals surface area (Å²) in [4.78, 5) is 0. The zero-order chi connectivity index (χ0) is 9.68. The molecule has 13 heavy (non-hydrogen) atoms. The Hall–Kier alpha value is -0.860. The summed E-state index contributed by atoms with van der Waals surface area (Å²) in [5.41, 5.74) is 8.08.